The third-order valence-electron chi connectivity index (χ3n) is 1.99. The second-order valence-corrected chi connectivity index (χ2v) is 4.10. The van der Waals surface area contributed by atoms with Gasteiger partial charge < -0.3 is 4.57 Å². The Morgan fingerprint density at radius 1 is 1.57 bits per heavy atom. The van der Waals surface area contributed by atoms with E-state index in [0.29, 0.717) is 0 Å². The van der Waals surface area contributed by atoms with Gasteiger partial charge in [0, 0.05) is 35.1 Å². The van der Waals surface area contributed by atoms with Crippen LogP contribution in [0.3, 0.4) is 0 Å². The van der Waals surface area contributed by atoms with Crippen LogP contribution in [0.15, 0.2) is 35.0 Å². The molecule has 0 radical (unpaired) electrons. The Morgan fingerprint density at radius 3 is 3.07 bits per heavy atom. The molecule has 72 valence electrons. The fourth-order valence-electron chi connectivity index (χ4n) is 1.25. The maximum Gasteiger partial charge on any atom is 0.184 e. The molecule has 0 unspecified atom stereocenters. The van der Waals surface area contributed by atoms with Crippen molar-refractivity contribution in [2.24, 2.45) is 0 Å². The Morgan fingerprint density at radius 2 is 2.43 bits per heavy atom. The minimum absolute atomic E-state index is 0.0885. The lowest BCUT2D eigenvalue weighted by molar-refractivity contribution is 0.792. The van der Waals surface area contributed by atoms with Crippen molar-refractivity contribution in [2.45, 2.75) is 13.5 Å². The van der Waals surface area contributed by atoms with Crippen molar-refractivity contribution in [3.8, 4) is 0 Å². The van der Waals surface area contributed by atoms with Crippen molar-refractivity contribution in [1.29, 1.82) is 0 Å². The van der Waals surface area contributed by atoms with Gasteiger partial charge in [0.05, 0.1) is 12.1 Å². The van der Waals surface area contributed by atoms with Gasteiger partial charge in [-0.3, -0.25) is 9.78 Å². The molecule has 0 atom stereocenters. The molecule has 2 rings (SSSR count). The van der Waals surface area contributed by atoms with Crippen molar-refractivity contribution < 1.29 is 0 Å². The van der Waals surface area contributed by atoms with E-state index >= 15 is 0 Å². The van der Waals surface area contributed by atoms with Gasteiger partial charge in [-0.25, -0.2) is 0 Å². The number of aromatic nitrogens is 2. The summed E-state index contributed by atoms with van der Waals surface area (Å²) in [5.41, 5.74) is 2.67. The fraction of sp³-hybridized carbons (Fsp3) is 0.200. The number of nitrogens with zero attached hydrogens (tertiary/aromatic N) is 2. The number of hydrogen-bond acceptors (Lipinski definition) is 3. The summed E-state index contributed by atoms with van der Waals surface area (Å²) in [5, 5.41) is 0. The largest absolute Gasteiger partial charge is 0.348 e. The van der Waals surface area contributed by atoms with E-state index in [1.165, 1.54) is 4.88 Å². The van der Waals surface area contributed by atoms with Gasteiger partial charge in [0.15, 0.2) is 5.43 Å². The van der Waals surface area contributed by atoms with Gasteiger partial charge in [-0.2, -0.15) is 0 Å². The van der Waals surface area contributed by atoms with E-state index in [4.69, 9.17) is 0 Å². The molecule has 2 aromatic heterocycles. The first-order valence-corrected chi connectivity index (χ1v) is 5.18. The van der Waals surface area contributed by atoms with E-state index in [1.807, 2.05) is 29.4 Å². The molecule has 0 aliphatic rings. The van der Waals surface area contributed by atoms with Crippen molar-refractivity contribution in [3.63, 3.8) is 0 Å². The zero-order valence-electron chi connectivity index (χ0n) is 7.80. The highest BCUT2D eigenvalue weighted by Crippen LogP contribution is 2.07. The third-order valence-corrected chi connectivity index (χ3v) is 2.75. The topological polar surface area (TPSA) is 34.9 Å². The SMILES string of the molecule is Cc1cn(Cc2cncs2)ccc1=O. The van der Waals surface area contributed by atoms with Crippen LogP contribution in [0.2, 0.25) is 0 Å². The van der Waals surface area contributed by atoms with Crippen LogP contribution in [0, 0.1) is 6.92 Å². The van der Waals surface area contributed by atoms with Crippen LogP contribution in [0.5, 0.6) is 0 Å². The molecule has 2 aromatic rings. The minimum atomic E-state index is 0.0885. The van der Waals surface area contributed by atoms with Crippen LogP contribution in [0.1, 0.15) is 10.4 Å². The second-order valence-electron chi connectivity index (χ2n) is 3.13. The fourth-order valence-corrected chi connectivity index (χ4v) is 1.85. The molecular weight excluding hydrogens is 196 g/mol. The van der Waals surface area contributed by atoms with Crippen molar-refractivity contribution in [2.75, 3.05) is 0 Å². The molecule has 0 aliphatic carbocycles. The molecule has 14 heavy (non-hydrogen) atoms. The summed E-state index contributed by atoms with van der Waals surface area (Å²) in [6, 6.07) is 1.59. The van der Waals surface area contributed by atoms with E-state index in [0.717, 1.165) is 12.1 Å². The molecule has 0 bridgehead atoms. The number of aryl methyl sites for hydroxylation is 1. The van der Waals surface area contributed by atoms with Gasteiger partial charge in [0.25, 0.3) is 0 Å². The standard InChI is InChI=1S/C10H10N2OS/c1-8-5-12(3-2-10(8)13)6-9-4-11-7-14-9/h2-5,7H,6H2,1H3. The van der Waals surface area contributed by atoms with Crippen LogP contribution in [0.4, 0.5) is 0 Å². The minimum Gasteiger partial charge on any atom is -0.348 e. The molecule has 0 aromatic carbocycles. The summed E-state index contributed by atoms with van der Waals surface area (Å²) in [4.78, 5) is 16.3. The first-order valence-electron chi connectivity index (χ1n) is 4.30. The Balaban J connectivity index is 2.26. The smallest absolute Gasteiger partial charge is 0.184 e. The Bertz CT molecular complexity index is 473. The Labute approximate surface area is 85.7 Å². The van der Waals surface area contributed by atoms with E-state index < -0.39 is 0 Å². The highest BCUT2D eigenvalue weighted by atomic mass is 32.1. The lowest BCUT2D eigenvalue weighted by Crippen LogP contribution is -2.08. The highest BCUT2D eigenvalue weighted by molar-refractivity contribution is 7.09. The van der Waals surface area contributed by atoms with Crippen LogP contribution < -0.4 is 5.43 Å². The number of thiazole rings is 1. The van der Waals surface area contributed by atoms with Gasteiger partial charge in [-0.1, -0.05) is 0 Å². The number of hydrogen-bond donors (Lipinski definition) is 0. The zero-order valence-corrected chi connectivity index (χ0v) is 8.62. The first kappa shape index (κ1) is 9.15. The lowest BCUT2D eigenvalue weighted by atomic mass is 10.3. The molecular formula is C10H10N2OS. The van der Waals surface area contributed by atoms with Gasteiger partial charge in [-0.15, -0.1) is 11.3 Å². The third kappa shape index (κ3) is 1.90. The molecule has 3 nitrogen and oxygen atoms in total. The molecule has 0 N–H and O–H groups in total. The summed E-state index contributed by atoms with van der Waals surface area (Å²) in [7, 11) is 0. The van der Waals surface area contributed by atoms with Gasteiger partial charge in [-0.05, 0) is 6.92 Å². The molecule has 0 saturated carbocycles. The van der Waals surface area contributed by atoms with E-state index in [9.17, 15) is 4.79 Å². The van der Waals surface area contributed by atoms with Gasteiger partial charge >= 0.3 is 0 Å². The molecule has 0 spiro atoms. The van der Waals surface area contributed by atoms with Gasteiger partial charge in [0.2, 0.25) is 0 Å². The van der Waals surface area contributed by atoms with Gasteiger partial charge in [0.1, 0.15) is 0 Å². The second kappa shape index (κ2) is 3.75. The van der Waals surface area contributed by atoms with E-state index in [1.54, 1.807) is 23.6 Å². The average molecular weight is 206 g/mol. The summed E-state index contributed by atoms with van der Waals surface area (Å²) in [5.74, 6) is 0. The summed E-state index contributed by atoms with van der Waals surface area (Å²) < 4.78 is 1.99. The Hall–Kier alpha value is -1.42. The van der Waals surface area contributed by atoms with Crippen molar-refractivity contribution in [1.82, 2.24) is 9.55 Å². The quantitative estimate of drug-likeness (QED) is 0.749. The molecule has 2 heterocycles. The average Bonchev–Trinajstić information content (AvgIpc) is 2.64. The maximum atomic E-state index is 11.2. The first-order chi connectivity index (χ1) is 6.75. The van der Waals surface area contributed by atoms with Crippen molar-refractivity contribution >= 4 is 11.3 Å². The molecule has 4 heteroatoms. The molecule has 0 aliphatic heterocycles. The highest BCUT2D eigenvalue weighted by Gasteiger charge is 1.97. The zero-order chi connectivity index (χ0) is 9.97. The number of rotatable bonds is 2. The summed E-state index contributed by atoms with van der Waals surface area (Å²) >= 11 is 1.62. The van der Waals surface area contributed by atoms with Crippen LogP contribution >= 0.6 is 11.3 Å². The predicted octanol–water partition coefficient (Wildman–Crippen LogP) is 1.66. The van der Waals surface area contributed by atoms with E-state index in [2.05, 4.69) is 4.98 Å². The lowest BCUT2D eigenvalue weighted by Gasteiger charge is -2.04. The van der Waals surface area contributed by atoms with Crippen molar-refractivity contribution in [3.05, 3.63) is 50.8 Å². The molecule has 0 saturated heterocycles. The normalized spacial score (nSPS) is 10.4. The van der Waals surface area contributed by atoms with Crippen LogP contribution in [-0.2, 0) is 6.54 Å². The summed E-state index contributed by atoms with van der Waals surface area (Å²) in [6.07, 6.45) is 5.51. The van der Waals surface area contributed by atoms with Crippen LogP contribution in [-0.4, -0.2) is 9.55 Å². The Kier molecular flexibility index (Phi) is 2.45. The monoisotopic (exact) mass is 206 g/mol. The number of pyridine rings is 1. The van der Waals surface area contributed by atoms with Crippen LogP contribution in [0.25, 0.3) is 0 Å². The van der Waals surface area contributed by atoms with E-state index in [-0.39, 0.29) is 5.43 Å². The summed E-state index contributed by atoms with van der Waals surface area (Å²) in [6.45, 7) is 2.61. The predicted molar refractivity (Wildman–Crippen MR) is 56.7 cm³/mol. The maximum absolute atomic E-state index is 11.2. The molecule has 0 amide bonds. The molecule has 0 fully saturated rings.